The number of benzene rings is 2. The van der Waals surface area contributed by atoms with Gasteiger partial charge in [0.05, 0.1) is 10.7 Å². The minimum absolute atomic E-state index is 0. The van der Waals surface area contributed by atoms with E-state index in [4.69, 9.17) is 4.98 Å². The molecular formula is C36H51Cl3FN3O2S. The maximum atomic E-state index is 14.3. The highest BCUT2D eigenvalue weighted by atomic mass is 35.5. The number of aliphatic carboxylic acids is 1. The maximum Gasteiger partial charge on any atom is 0.320 e. The number of carboxylic acids is 1. The first-order valence-corrected chi connectivity index (χ1v) is 17.0. The van der Waals surface area contributed by atoms with E-state index >= 15 is 0 Å². The van der Waals surface area contributed by atoms with Crippen LogP contribution in [0.2, 0.25) is 0 Å². The van der Waals surface area contributed by atoms with Gasteiger partial charge in [0.1, 0.15) is 11.9 Å². The number of thiazole rings is 1. The van der Waals surface area contributed by atoms with Crippen molar-refractivity contribution in [1.82, 2.24) is 14.8 Å². The van der Waals surface area contributed by atoms with E-state index < -0.39 is 12.0 Å². The number of piperidine rings is 1. The molecule has 0 spiro atoms. The van der Waals surface area contributed by atoms with E-state index in [1.54, 1.807) is 6.07 Å². The van der Waals surface area contributed by atoms with Gasteiger partial charge in [-0.05, 0) is 106 Å². The number of likely N-dealkylation sites (N-methyl/N-ethyl adjacent to an activating group) is 1. The number of nitrogens with zero attached hydrogens (tertiary/aromatic N) is 3. The number of carboxylic acid groups (broad SMARTS) is 1. The first-order chi connectivity index (χ1) is 20.7. The second-order valence-electron chi connectivity index (χ2n) is 13.2. The Kier molecular flexibility index (Phi) is 16.4. The average molecular weight is 715 g/mol. The summed E-state index contributed by atoms with van der Waals surface area (Å²) in [6, 6.07) is 17.4. The zero-order chi connectivity index (χ0) is 30.5. The fraction of sp³-hybridized carbons (Fsp3) is 0.556. The van der Waals surface area contributed by atoms with Crippen molar-refractivity contribution in [3.63, 3.8) is 0 Å². The Balaban J connectivity index is 0.00000245. The van der Waals surface area contributed by atoms with Gasteiger partial charge in [-0.25, -0.2) is 9.37 Å². The Labute approximate surface area is 297 Å². The molecule has 1 aliphatic carbocycles. The molecule has 0 amide bonds. The molecule has 1 saturated carbocycles. The molecule has 5 nitrogen and oxygen atoms in total. The molecule has 2 aromatic carbocycles. The highest BCUT2D eigenvalue weighted by Gasteiger charge is 2.41. The molecule has 1 saturated heterocycles. The molecule has 0 bridgehead atoms. The number of aryl methyl sites for hydroxylation is 1. The number of rotatable bonds is 12. The van der Waals surface area contributed by atoms with E-state index in [2.05, 4.69) is 67.0 Å². The van der Waals surface area contributed by atoms with Gasteiger partial charge in [0.2, 0.25) is 0 Å². The van der Waals surface area contributed by atoms with E-state index in [0.717, 1.165) is 63.7 Å². The van der Waals surface area contributed by atoms with Gasteiger partial charge in [-0.1, -0.05) is 63.2 Å². The maximum absolute atomic E-state index is 14.3. The number of halogens is 4. The first-order valence-electron chi connectivity index (χ1n) is 16.2. The van der Waals surface area contributed by atoms with Crippen molar-refractivity contribution in [2.75, 3.05) is 26.7 Å². The predicted molar refractivity (Wildman–Crippen MR) is 195 cm³/mol. The number of carbonyl (C=O) groups is 1. The van der Waals surface area contributed by atoms with Gasteiger partial charge in [0, 0.05) is 23.9 Å². The summed E-state index contributed by atoms with van der Waals surface area (Å²) in [6.45, 7) is 9.47. The standard InChI is InChI=1S/C36H48FN3O2S.3ClH/c1-5-32-35(43-34(38-32)19-25-10-7-6-8-11-25)26-14-16-40(17-15-26)23-28-21-30(39(4)33(36(41)42)18-24(2)3)22-31(28)27-12-9-13-29(37)20-27;;;/h6-13,20,24,26,28,30-31,33H,5,14-19,21-23H2,1-4H3,(H,41,42);3*1H/t28?,30?,31?,33-;;;/m1.../s1. The van der Waals surface area contributed by atoms with Crippen LogP contribution >= 0.6 is 48.6 Å². The minimum Gasteiger partial charge on any atom is -0.480 e. The van der Waals surface area contributed by atoms with Crippen molar-refractivity contribution in [2.24, 2.45) is 11.8 Å². The number of hydrogen-bond acceptors (Lipinski definition) is 5. The van der Waals surface area contributed by atoms with Crippen LogP contribution in [0.15, 0.2) is 54.6 Å². The van der Waals surface area contributed by atoms with Crippen LogP contribution in [0.5, 0.6) is 0 Å². The largest absolute Gasteiger partial charge is 0.480 e. The van der Waals surface area contributed by atoms with Crippen LogP contribution in [-0.2, 0) is 17.6 Å². The molecule has 1 N–H and O–H groups in total. The summed E-state index contributed by atoms with van der Waals surface area (Å²) in [4.78, 5) is 23.5. The van der Waals surface area contributed by atoms with E-state index in [1.807, 2.05) is 24.5 Å². The fourth-order valence-electron chi connectivity index (χ4n) is 7.46. The van der Waals surface area contributed by atoms with Crippen LogP contribution in [-0.4, -0.2) is 64.6 Å². The zero-order valence-electron chi connectivity index (χ0n) is 27.4. The van der Waals surface area contributed by atoms with Gasteiger partial charge < -0.3 is 10.0 Å². The van der Waals surface area contributed by atoms with Crippen molar-refractivity contribution >= 4 is 54.5 Å². The topological polar surface area (TPSA) is 56.7 Å². The zero-order valence-corrected chi connectivity index (χ0v) is 30.7. The lowest BCUT2D eigenvalue weighted by Crippen LogP contribution is -2.45. The molecule has 1 aliphatic heterocycles. The highest BCUT2D eigenvalue weighted by Crippen LogP contribution is 2.44. The Morgan fingerprint density at radius 2 is 1.76 bits per heavy atom. The molecule has 256 valence electrons. The lowest BCUT2D eigenvalue weighted by molar-refractivity contribution is -0.144. The molecule has 46 heavy (non-hydrogen) atoms. The summed E-state index contributed by atoms with van der Waals surface area (Å²) in [7, 11) is 1.98. The predicted octanol–water partition coefficient (Wildman–Crippen LogP) is 8.87. The van der Waals surface area contributed by atoms with Crippen molar-refractivity contribution in [3.8, 4) is 0 Å². The molecule has 4 atom stereocenters. The summed E-state index contributed by atoms with van der Waals surface area (Å²) < 4.78 is 14.3. The lowest BCUT2D eigenvalue weighted by atomic mass is 9.87. The normalized spacial score (nSPS) is 21.0. The number of likely N-dealkylation sites (tertiary alicyclic amines) is 1. The molecular weight excluding hydrogens is 664 g/mol. The second-order valence-corrected chi connectivity index (χ2v) is 14.3. The molecule has 2 aliphatic rings. The van der Waals surface area contributed by atoms with Crippen LogP contribution in [0.3, 0.4) is 0 Å². The Morgan fingerprint density at radius 1 is 1.07 bits per heavy atom. The monoisotopic (exact) mass is 713 g/mol. The van der Waals surface area contributed by atoms with Crippen molar-refractivity contribution < 1.29 is 14.3 Å². The van der Waals surface area contributed by atoms with Crippen LogP contribution in [0.1, 0.15) is 91.4 Å². The Morgan fingerprint density at radius 3 is 2.37 bits per heavy atom. The summed E-state index contributed by atoms with van der Waals surface area (Å²) in [5.41, 5.74) is 3.64. The van der Waals surface area contributed by atoms with Crippen LogP contribution in [0, 0.1) is 17.7 Å². The Hall–Kier alpha value is -1.74. The quantitative estimate of drug-likeness (QED) is 0.203. The molecule has 3 unspecified atom stereocenters. The summed E-state index contributed by atoms with van der Waals surface area (Å²) in [5.74, 6) is 0.518. The smallest absolute Gasteiger partial charge is 0.320 e. The first kappa shape index (κ1) is 40.4. The lowest BCUT2D eigenvalue weighted by Gasteiger charge is -2.35. The summed E-state index contributed by atoms with van der Waals surface area (Å²) >= 11 is 1.91. The third kappa shape index (κ3) is 10.1. The number of aromatic nitrogens is 1. The fourth-order valence-corrected chi connectivity index (χ4v) is 8.82. The van der Waals surface area contributed by atoms with Gasteiger partial charge in [0.15, 0.2) is 0 Å². The van der Waals surface area contributed by atoms with E-state index in [0.29, 0.717) is 24.2 Å². The van der Waals surface area contributed by atoms with Crippen LogP contribution in [0.25, 0.3) is 0 Å². The van der Waals surface area contributed by atoms with Gasteiger partial charge in [-0.15, -0.1) is 48.6 Å². The van der Waals surface area contributed by atoms with E-state index in [9.17, 15) is 14.3 Å². The summed E-state index contributed by atoms with van der Waals surface area (Å²) in [5, 5.41) is 11.2. The molecule has 2 heterocycles. The summed E-state index contributed by atoms with van der Waals surface area (Å²) in [6.07, 6.45) is 6.59. The van der Waals surface area contributed by atoms with Crippen molar-refractivity contribution in [1.29, 1.82) is 0 Å². The molecule has 5 rings (SSSR count). The van der Waals surface area contributed by atoms with Crippen molar-refractivity contribution in [3.05, 3.63) is 87.1 Å². The number of hydrogen-bond donors (Lipinski definition) is 1. The Bertz CT molecular complexity index is 1350. The third-order valence-corrected chi connectivity index (χ3v) is 11.0. The van der Waals surface area contributed by atoms with E-state index in [-0.39, 0.29) is 55.0 Å². The molecule has 3 aromatic rings. The van der Waals surface area contributed by atoms with Gasteiger partial charge in [-0.2, -0.15) is 0 Å². The van der Waals surface area contributed by atoms with Crippen LogP contribution < -0.4 is 0 Å². The highest BCUT2D eigenvalue weighted by molar-refractivity contribution is 7.11. The average Bonchev–Trinajstić information content (AvgIpc) is 3.60. The van der Waals surface area contributed by atoms with Gasteiger partial charge in [0.25, 0.3) is 0 Å². The third-order valence-electron chi connectivity index (χ3n) is 9.75. The molecule has 2 fully saturated rings. The molecule has 1 aromatic heterocycles. The molecule has 0 radical (unpaired) electrons. The van der Waals surface area contributed by atoms with Crippen molar-refractivity contribution in [2.45, 2.75) is 89.6 Å². The van der Waals surface area contributed by atoms with E-state index in [1.165, 1.54) is 27.2 Å². The molecule has 10 heteroatoms. The second kappa shape index (κ2) is 18.7. The van der Waals surface area contributed by atoms with Gasteiger partial charge >= 0.3 is 5.97 Å². The van der Waals surface area contributed by atoms with Crippen LogP contribution in [0.4, 0.5) is 4.39 Å². The SMILES string of the molecule is CCc1nc(Cc2ccccc2)sc1C1CCN(CC2CC(N(C)[C@H](CC(C)C)C(=O)O)CC2c2cccc(F)c2)CC1.Cl.Cl.Cl. The minimum atomic E-state index is -0.745. The van der Waals surface area contributed by atoms with Gasteiger partial charge in [-0.3, -0.25) is 9.69 Å².